The average Bonchev–Trinajstić information content (AvgIpc) is 2.27. The number of carbonyl (C=O) groups excluding carboxylic acids is 1. The smallest absolute Gasteiger partial charge is 0.307 e. The number of aliphatic imine (C=N–C) groups is 1. The molecular weight excluding hydrogens is 184 g/mol. The first-order valence-corrected chi connectivity index (χ1v) is 4.04. The van der Waals surface area contributed by atoms with Crippen molar-refractivity contribution >= 4 is 12.1 Å². The maximum Gasteiger partial charge on any atom is 0.307 e. The van der Waals surface area contributed by atoms with E-state index in [9.17, 15) is 4.79 Å². The molecule has 72 valence electrons. The summed E-state index contributed by atoms with van der Waals surface area (Å²) >= 11 is 0. The summed E-state index contributed by atoms with van der Waals surface area (Å²) in [7, 11) is 0. The van der Waals surface area contributed by atoms with E-state index in [-0.39, 0.29) is 0 Å². The van der Waals surface area contributed by atoms with E-state index in [1.807, 2.05) is 12.1 Å². The van der Waals surface area contributed by atoms with Crippen LogP contribution in [0, 0.1) is 0 Å². The van der Waals surface area contributed by atoms with Crippen LogP contribution in [0.2, 0.25) is 0 Å². The van der Waals surface area contributed by atoms with Crippen LogP contribution in [-0.2, 0) is 4.79 Å². The second kappa shape index (κ2) is 3.47. The summed E-state index contributed by atoms with van der Waals surface area (Å²) in [6, 6.07) is 7.20. The van der Waals surface area contributed by atoms with E-state index in [1.165, 1.54) is 5.48 Å². The molecule has 5 nitrogen and oxygen atoms in total. The highest BCUT2D eigenvalue weighted by Crippen LogP contribution is 2.21. The van der Waals surface area contributed by atoms with Crippen molar-refractivity contribution in [1.29, 1.82) is 0 Å². The predicted octanol–water partition coefficient (Wildman–Crippen LogP) is 0.329. The molecule has 0 aliphatic carbocycles. The number of amides is 1. The average molecular weight is 192 g/mol. The number of carbonyl (C=O) groups is 1. The highest BCUT2D eigenvalue weighted by Gasteiger charge is 2.22. The van der Waals surface area contributed by atoms with Crippen molar-refractivity contribution in [2.45, 2.75) is 6.23 Å². The van der Waals surface area contributed by atoms with Gasteiger partial charge in [0.15, 0.2) is 0 Å². The van der Waals surface area contributed by atoms with Gasteiger partial charge in [-0.2, -0.15) is 0 Å². The van der Waals surface area contributed by atoms with Gasteiger partial charge in [0.25, 0.3) is 6.23 Å². The summed E-state index contributed by atoms with van der Waals surface area (Å²) in [6.07, 6.45) is 0.536. The molecule has 2 rings (SSSR count). The van der Waals surface area contributed by atoms with Crippen molar-refractivity contribution in [2.24, 2.45) is 4.99 Å². The van der Waals surface area contributed by atoms with E-state index < -0.39 is 12.1 Å². The van der Waals surface area contributed by atoms with E-state index in [2.05, 4.69) is 4.99 Å². The second-order valence-electron chi connectivity index (χ2n) is 2.76. The van der Waals surface area contributed by atoms with Crippen LogP contribution in [0.3, 0.4) is 0 Å². The van der Waals surface area contributed by atoms with Gasteiger partial charge in [-0.05, 0) is 12.1 Å². The lowest BCUT2D eigenvalue weighted by molar-refractivity contribution is -0.136. The quantitative estimate of drug-likeness (QED) is 0.497. The van der Waals surface area contributed by atoms with Gasteiger partial charge in [-0.15, -0.1) is 0 Å². The SMILES string of the molecule is O=C(NO)C1N=Cc2ccccc2O1. The molecule has 1 aliphatic heterocycles. The van der Waals surface area contributed by atoms with Crippen LogP contribution in [0.1, 0.15) is 5.56 Å². The number of hydroxylamine groups is 1. The minimum atomic E-state index is -1.00. The summed E-state index contributed by atoms with van der Waals surface area (Å²) in [5, 5.41) is 8.38. The Hall–Kier alpha value is -1.88. The molecule has 1 aromatic rings. The Morgan fingerprint density at radius 2 is 2.29 bits per heavy atom. The Bertz CT molecular complexity index is 389. The molecule has 5 heteroatoms. The Morgan fingerprint density at radius 1 is 1.50 bits per heavy atom. The van der Waals surface area contributed by atoms with Gasteiger partial charge in [-0.1, -0.05) is 12.1 Å². The lowest BCUT2D eigenvalue weighted by Gasteiger charge is -2.18. The minimum absolute atomic E-state index is 0.580. The number of ether oxygens (including phenoxy) is 1. The van der Waals surface area contributed by atoms with Gasteiger partial charge < -0.3 is 4.74 Å². The van der Waals surface area contributed by atoms with Gasteiger partial charge in [0.05, 0.1) is 0 Å². The molecule has 1 heterocycles. The van der Waals surface area contributed by atoms with E-state index in [0.717, 1.165) is 5.56 Å². The largest absolute Gasteiger partial charge is 0.458 e. The van der Waals surface area contributed by atoms with Gasteiger partial charge in [-0.25, -0.2) is 10.5 Å². The molecule has 0 fully saturated rings. The van der Waals surface area contributed by atoms with Crippen LogP contribution in [0.25, 0.3) is 0 Å². The second-order valence-corrected chi connectivity index (χ2v) is 2.76. The number of hydrogen-bond donors (Lipinski definition) is 2. The van der Waals surface area contributed by atoms with Crippen molar-refractivity contribution in [2.75, 3.05) is 0 Å². The van der Waals surface area contributed by atoms with Crippen LogP contribution in [-0.4, -0.2) is 23.6 Å². The highest BCUT2D eigenvalue weighted by molar-refractivity contribution is 5.89. The van der Waals surface area contributed by atoms with Crippen LogP contribution in [0.4, 0.5) is 0 Å². The van der Waals surface area contributed by atoms with Gasteiger partial charge in [0.2, 0.25) is 0 Å². The van der Waals surface area contributed by atoms with Crippen LogP contribution in [0.5, 0.6) is 5.75 Å². The topological polar surface area (TPSA) is 70.9 Å². The number of fused-ring (bicyclic) bond motifs is 1. The van der Waals surface area contributed by atoms with Gasteiger partial charge in [0.1, 0.15) is 5.75 Å². The monoisotopic (exact) mass is 192 g/mol. The molecule has 0 aromatic heterocycles. The molecule has 1 atom stereocenters. The predicted molar refractivity (Wildman–Crippen MR) is 48.4 cm³/mol. The first kappa shape index (κ1) is 8.71. The van der Waals surface area contributed by atoms with Crippen LogP contribution >= 0.6 is 0 Å². The zero-order valence-electron chi connectivity index (χ0n) is 7.18. The minimum Gasteiger partial charge on any atom is -0.458 e. The third-order valence-electron chi connectivity index (χ3n) is 1.84. The number of benzene rings is 1. The normalized spacial score (nSPS) is 18.2. The third kappa shape index (κ3) is 1.45. The van der Waals surface area contributed by atoms with E-state index in [1.54, 1.807) is 18.3 Å². The lowest BCUT2D eigenvalue weighted by Crippen LogP contribution is -2.36. The fraction of sp³-hybridized carbons (Fsp3) is 0.111. The first-order chi connectivity index (χ1) is 6.81. The van der Waals surface area contributed by atoms with Crippen molar-refractivity contribution in [3.8, 4) is 5.75 Å². The van der Waals surface area contributed by atoms with Crippen LogP contribution < -0.4 is 10.2 Å². The number of hydrogen-bond acceptors (Lipinski definition) is 4. The third-order valence-corrected chi connectivity index (χ3v) is 1.84. The maximum atomic E-state index is 11.0. The molecule has 2 N–H and O–H groups in total. The molecule has 0 spiro atoms. The van der Waals surface area contributed by atoms with E-state index in [4.69, 9.17) is 9.94 Å². The molecular formula is C9H8N2O3. The number of rotatable bonds is 1. The molecule has 0 saturated carbocycles. The Labute approximate surface area is 80.0 Å². The summed E-state index contributed by atoms with van der Waals surface area (Å²) in [5.74, 6) is -0.105. The summed E-state index contributed by atoms with van der Waals surface area (Å²) in [5.41, 5.74) is 2.30. The summed E-state index contributed by atoms with van der Waals surface area (Å²) in [4.78, 5) is 14.8. The van der Waals surface area contributed by atoms with E-state index in [0.29, 0.717) is 5.75 Å². The molecule has 0 radical (unpaired) electrons. The van der Waals surface area contributed by atoms with Crippen LogP contribution in [0.15, 0.2) is 29.3 Å². The first-order valence-electron chi connectivity index (χ1n) is 4.04. The number of nitrogens with one attached hydrogen (secondary N) is 1. The van der Waals surface area contributed by atoms with Crippen molar-refractivity contribution in [1.82, 2.24) is 5.48 Å². The van der Waals surface area contributed by atoms with Gasteiger partial charge >= 0.3 is 5.91 Å². The highest BCUT2D eigenvalue weighted by atomic mass is 16.5. The molecule has 1 amide bonds. The number of para-hydroxylation sites is 1. The molecule has 0 bridgehead atoms. The fourth-order valence-corrected chi connectivity index (χ4v) is 1.17. The number of nitrogens with zero attached hydrogens (tertiary/aromatic N) is 1. The standard InChI is InChI=1S/C9H8N2O3/c12-8(11-13)9-10-5-6-3-1-2-4-7(6)14-9/h1-5,9,13H,(H,11,12). The molecule has 1 unspecified atom stereocenters. The zero-order valence-corrected chi connectivity index (χ0v) is 7.18. The molecule has 0 saturated heterocycles. The Morgan fingerprint density at radius 3 is 3.07 bits per heavy atom. The maximum absolute atomic E-state index is 11.0. The van der Waals surface area contributed by atoms with E-state index >= 15 is 0 Å². The van der Waals surface area contributed by atoms with Gasteiger partial charge in [0, 0.05) is 11.8 Å². The molecule has 1 aromatic carbocycles. The zero-order chi connectivity index (χ0) is 9.97. The fourth-order valence-electron chi connectivity index (χ4n) is 1.17. The molecule has 1 aliphatic rings. The Balaban J connectivity index is 2.25. The molecule has 14 heavy (non-hydrogen) atoms. The van der Waals surface area contributed by atoms with Crippen molar-refractivity contribution < 1.29 is 14.7 Å². The summed E-state index contributed by atoms with van der Waals surface area (Å²) < 4.78 is 5.21. The van der Waals surface area contributed by atoms with Gasteiger partial charge in [-0.3, -0.25) is 10.0 Å². The summed E-state index contributed by atoms with van der Waals surface area (Å²) in [6.45, 7) is 0. The Kier molecular flexibility index (Phi) is 2.16. The van der Waals surface area contributed by atoms with Crippen molar-refractivity contribution in [3.05, 3.63) is 29.8 Å². The lowest BCUT2D eigenvalue weighted by atomic mass is 10.2. The van der Waals surface area contributed by atoms with Crippen molar-refractivity contribution in [3.63, 3.8) is 0 Å².